The van der Waals surface area contributed by atoms with Crippen LogP contribution in [0, 0.1) is 5.82 Å². The minimum absolute atomic E-state index is 0.0356. The van der Waals surface area contributed by atoms with E-state index >= 15 is 0 Å². The van der Waals surface area contributed by atoms with E-state index in [1.54, 1.807) is 6.07 Å². The van der Waals surface area contributed by atoms with E-state index in [-0.39, 0.29) is 24.6 Å². The number of benzene rings is 1. The highest BCUT2D eigenvalue weighted by atomic mass is 19.1. The molecule has 1 amide bonds. The third-order valence-electron chi connectivity index (χ3n) is 3.01. The summed E-state index contributed by atoms with van der Waals surface area (Å²) in [4.78, 5) is 23.0. The highest BCUT2D eigenvalue weighted by Crippen LogP contribution is 2.07. The lowest BCUT2D eigenvalue weighted by molar-refractivity contribution is -0.121. The van der Waals surface area contributed by atoms with Gasteiger partial charge in [0.05, 0.1) is 12.1 Å². The Morgan fingerprint density at radius 2 is 1.95 bits per heavy atom. The molecule has 0 aliphatic heterocycles. The third-order valence-corrected chi connectivity index (χ3v) is 3.01. The average molecular weight is 295 g/mol. The molecular weight excluding hydrogens is 273 g/mol. The molecular formula is C16H22FNO3. The number of carbonyl (C=O) groups excluding carboxylic acids is 2. The second kappa shape index (κ2) is 9.91. The van der Waals surface area contributed by atoms with Gasteiger partial charge in [0.15, 0.2) is 0 Å². The standard InChI is InChI=1S/C16H22FNO3/c1-2-3-4-5-10-15(19)18-11-12-21-16(20)13-8-6-7-9-14(13)17/h6-9H,2-5,10-12H2,1H3,(H,18,19). The van der Waals surface area contributed by atoms with Gasteiger partial charge in [-0.1, -0.05) is 38.3 Å². The fourth-order valence-electron chi connectivity index (χ4n) is 1.84. The van der Waals surface area contributed by atoms with Gasteiger partial charge in [-0.05, 0) is 18.6 Å². The first kappa shape index (κ1) is 17.1. The first-order chi connectivity index (χ1) is 10.1. The van der Waals surface area contributed by atoms with E-state index in [4.69, 9.17) is 4.74 Å². The van der Waals surface area contributed by atoms with Gasteiger partial charge in [-0.3, -0.25) is 4.79 Å². The van der Waals surface area contributed by atoms with Crippen molar-refractivity contribution in [3.63, 3.8) is 0 Å². The summed E-state index contributed by atoms with van der Waals surface area (Å²) in [7, 11) is 0. The molecule has 5 heteroatoms. The topological polar surface area (TPSA) is 55.4 Å². The molecule has 0 spiro atoms. The Bertz CT molecular complexity index is 463. The Kier molecular flexibility index (Phi) is 8.09. The van der Waals surface area contributed by atoms with Crippen LogP contribution in [0.1, 0.15) is 49.4 Å². The van der Waals surface area contributed by atoms with E-state index in [0.29, 0.717) is 6.42 Å². The van der Waals surface area contributed by atoms with Crippen LogP contribution in [0.5, 0.6) is 0 Å². The number of halogens is 1. The average Bonchev–Trinajstić information content (AvgIpc) is 2.48. The first-order valence-corrected chi connectivity index (χ1v) is 7.33. The van der Waals surface area contributed by atoms with Gasteiger partial charge in [-0.25, -0.2) is 9.18 Å². The number of amides is 1. The van der Waals surface area contributed by atoms with Crippen LogP contribution in [0.2, 0.25) is 0 Å². The molecule has 0 heterocycles. The number of rotatable bonds is 9. The van der Waals surface area contributed by atoms with Crippen LogP contribution in [0.15, 0.2) is 24.3 Å². The molecule has 0 fully saturated rings. The molecule has 0 atom stereocenters. The van der Waals surface area contributed by atoms with E-state index in [1.165, 1.54) is 18.2 Å². The SMILES string of the molecule is CCCCCCC(=O)NCCOC(=O)c1ccccc1F. The Balaban J connectivity index is 2.15. The van der Waals surface area contributed by atoms with Gasteiger partial charge in [0.25, 0.3) is 0 Å². The molecule has 0 saturated heterocycles. The Morgan fingerprint density at radius 3 is 2.67 bits per heavy atom. The number of hydrogen-bond acceptors (Lipinski definition) is 3. The second-order valence-electron chi connectivity index (χ2n) is 4.78. The lowest BCUT2D eigenvalue weighted by Crippen LogP contribution is -2.27. The van der Waals surface area contributed by atoms with E-state index in [1.807, 2.05) is 0 Å². The van der Waals surface area contributed by atoms with Gasteiger partial charge >= 0.3 is 5.97 Å². The van der Waals surface area contributed by atoms with Gasteiger partial charge in [0.2, 0.25) is 5.91 Å². The molecule has 1 aromatic rings. The second-order valence-corrected chi connectivity index (χ2v) is 4.78. The minimum atomic E-state index is -0.717. The summed E-state index contributed by atoms with van der Waals surface area (Å²) in [6.45, 7) is 2.39. The molecule has 0 aliphatic carbocycles. The van der Waals surface area contributed by atoms with E-state index in [9.17, 15) is 14.0 Å². The normalized spacial score (nSPS) is 10.2. The van der Waals surface area contributed by atoms with Crippen molar-refractivity contribution in [2.24, 2.45) is 0 Å². The minimum Gasteiger partial charge on any atom is -0.460 e. The molecule has 116 valence electrons. The maximum atomic E-state index is 13.3. The molecule has 0 bridgehead atoms. The number of hydrogen-bond donors (Lipinski definition) is 1. The fraction of sp³-hybridized carbons (Fsp3) is 0.500. The number of nitrogens with one attached hydrogen (secondary N) is 1. The van der Waals surface area contributed by atoms with Crippen LogP contribution >= 0.6 is 0 Å². The molecule has 0 unspecified atom stereocenters. The van der Waals surface area contributed by atoms with Crippen LogP contribution in [-0.4, -0.2) is 25.0 Å². The maximum Gasteiger partial charge on any atom is 0.341 e. The molecule has 4 nitrogen and oxygen atoms in total. The lowest BCUT2D eigenvalue weighted by atomic mass is 10.1. The summed E-state index contributed by atoms with van der Waals surface area (Å²) in [6, 6.07) is 5.64. The zero-order valence-electron chi connectivity index (χ0n) is 12.4. The molecule has 0 aromatic heterocycles. The van der Waals surface area contributed by atoms with Crippen LogP contribution < -0.4 is 5.32 Å². The first-order valence-electron chi connectivity index (χ1n) is 7.33. The Morgan fingerprint density at radius 1 is 1.19 bits per heavy atom. The van der Waals surface area contributed by atoms with Crippen LogP contribution in [0.4, 0.5) is 4.39 Å². The fourth-order valence-corrected chi connectivity index (χ4v) is 1.84. The van der Waals surface area contributed by atoms with Gasteiger partial charge in [-0.15, -0.1) is 0 Å². The van der Waals surface area contributed by atoms with Gasteiger partial charge in [0, 0.05) is 6.42 Å². The summed E-state index contributed by atoms with van der Waals surface area (Å²) in [5.41, 5.74) is -0.0941. The number of unbranched alkanes of at least 4 members (excludes halogenated alkanes) is 3. The van der Waals surface area contributed by atoms with Crippen molar-refractivity contribution in [3.8, 4) is 0 Å². The monoisotopic (exact) mass is 295 g/mol. The largest absolute Gasteiger partial charge is 0.460 e. The summed E-state index contributed by atoms with van der Waals surface area (Å²) < 4.78 is 18.2. The third kappa shape index (κ3) is 6.88. The molecule has 0 saturated carbocycles. The quantitative estimate of drug-likeness (QED) is 0.562. The van der Waals surface area contributed by atoms with Crippen molar-refractivity contribution in [1.82, 2.24) is 5.32 Å². The number of carbonyl (C=O) groups is 2. The van der Waals surface area contributed by atoms with Crippen molar-refractivity contribution in [3.05, 3.63) is 35.6 Å². The molecule has 21 heavy (non-hydrogen) atoms. The summed E-state index contributed by atoms with van der Waals surface area (Å²) >= 11 is 0. The number of esters is 1. The molecule has 1 aromatic carbocycles. The zero-order chi connectivity index (χ0) is 15.5. The zero-order valence-corrected chi connectivity index (χ0v) is 12.4. The predicted molar refractivity (Wildman–Crippen MR) is 78.5 cm³/mol. The molecule has 1 rings (SSSR count). The highest BCUT2D eigenvalue weighted by Gasteiger charge is 2.11. The van der Waals surface area contributed by atoms with E-state index in [0.717, 1.165) is 25.7 Å². The van der Waals surface area contributed by atoms with Crippen molar-refractivity contribution < 1.29 is 18.7 Å². The molecule has 1 N–H and O–H groups in total. The maximum absolute atomic E-state index is 13.3. The van der Waals surface area contributed by atoms with E-state index in [2.05, 4.69) is 12.2 Å². The van der Waals surface area contributed by atoms with Crippen LogP contribution in [0.25, 0.3) is 0 Å². The van der Waals surface area contributed by atoms with Gasteiger partial charge in [-0.2, -0.15) is 0 Å². The Labute approximate surface area is 124 Å². The molecule has 0 radical (unpaired) electrons. The van der Waals surface area contributed by atoms with Crippen molar-refractivity contribution in [1.29, 1.82) is 0 Å². The van der Waals surface area contributed by atoms with Crippen molar-refractivity contribution in [2.45, 2.75) is 39.0 Å². The highest BCUT2D eigenvalue weighted by molar-refractivity contribution is 5.89. The smallest absolute Gasteiger partial charge is 0.341 e. The van der Waals surface area contributed by atoms with E-state index < -0.39 is 11.8 Å². The molecule has 0 aliphatic rings. The van der Waals surface area contributed by atoms with Gasteiger partial charge < -0.3 is 10.1 Å². The van der Waals surface area contributed by atoms with Gasteiger partial charge in [0.1, 0.15) is 12.4 Å². The summed E-state index contributed by atoms with van der Waals surface area (Å²) in [6.07, 6.45) is 4.67. The number of ether oxygens (including phenoxy) is 1. The summed E-state index contributed by atoms with van der Waals surface area (Å²) in [5, 5.41) is 2.67. The van der Waals surface area contributed by atoms with Crippen LogP contribution in [-0.2, 0) is 9.53 Å². The van der Waals surface area contributed by atoms with Crippen molar-refractivity contribution in [2.75, 3.05) is 13.2 Å². The predicted octanol–water partition coefficient (Wildman–Crippen LogP) is 3.07. The summed E-state index contributed by atoms with van der Waals surface area (Å²) in [5.74, 6) is -1.37. The lowest BCUT2D eigenvalue weighted by Gasteiger charge is -2.07. The van der Waals surface area contributed by atoms with Crippen molar-refractivity contribution >= 4 is 11.9 Å². The van der Waals surface area contributed by atoms with Crippen LogP contribution in [0.3, 0.4) is 0 Å². The Hall–Kier alpha value is -1.91.